The van der Waals surface area contributed by atoms with Gasteiger partial charge in [-0.1, -0.05) is 20.8 Å². The molecule has 1 rings (SSSR count). The maximum Gasteiger partial charge on any atom is 0.332 e. The van der Waals surface area contributed by atoms with Gasteiger partial charge in [-0.2, -0.15) is 0 Å². The van der Waals surface area contributed by atoms with Crippen LogP contribution in [0.2, 0.25) is 18.1 Å². The highest BCUT2D eigenvalue weighted by Gasteiger charge is 2.42. The third kappa shape index (κ3) is 6.08. The van der Waals surface area contributed by atoms with Crippen molar-refractivity contribution in [1.29, 1.82) is 0 Å². The normalized spacial score (nSPS) is 23.6. The molecule has 0 radical (unpaired) electrons. The Hall–Kier alpha value is -0.393. The summed E-state index contributed by atoms with van der Waals surface area (Å²) < 4.78 is 17.1. The highest BCUT2D eigenvalue weighted by atomic mass is 28.4. The first kappa shape index (κ1) is 18.7. The van der Waals surface area contributed by atoms with Gasteiger partial charge in [0.15, 0.2) is 8.32 Å². The predicted molar refractivity (Wildman–Crippen MR) is 86.9 cm³/mol. The quantitative estimate of drug-likeness (QED) is 0.570. The van der Waals surface area contributed by atoms with E-state index in [1.165, 1.54) is 0 Å². The van der Waals surface area contributed by atoms with Crippen molar-refractivity contribution < 1.29 is 18.7 Å². The molecule has 0 heterocycles. The van der Waals surface area contributed by atoms with Crippen LogP contribution in [0.3, 0.4) is 0 Å². The highest BCUT2D eigenvalue weighted by molar-refractivity contribution is 6.74. The molecule has 0 unspecified atom stereocenters. The molecular weight excluding hydrogens is 284 g/mol. The minimum Gasteiger partial charge on any atom is -0.458 e. The van der Waals surface area contributed by atoms with Gasteiger partial charge in [0, 0.05) is 6.10 Å². The average molecular weight is 317 g/mol. The molecule has 0 aromatic carbocycles. The smallest absolute Gasteiger partial charge is 0.332 e. The van der Waals surface area contributed by atoms with E-state index in [0.717, 1.165) is 12.8 Å². The van der Waals surface area contributed by atoms with Gasteiger partial charge in [0.1, 0.15) is 12.2 Å². The van der Waals surface area contributed by atoms with Crippen molar-refractivity contribution in [3.05, 3.63) is 0 Å². The summed E-state index contributed by atoms with van der Waals surface area (Å²) in [6.07, 6.45) is 2.19. The van der Waals surface area contributed by atoms with Gasteiger partial charge in [-0.25, -0.2) is 4.79 Å². The summed E-state index contributed by atoms with van der Waals surface area (Å²) in [6, 6.07) is 0. The van der Waals surface area contributed by atoms with Crippen molar-refractivity contribution in [3.63, 3.8) is 0 Å². The van der Waals surface area contributed by atoms with Crippen LogP contribution in [0.4, 0.5) is 0 Å². The van der Waals surface area contributed by atoms with Gasteiger partial charge in [-0.05, 0) is 51.7 Å². The van der Waals surface area contributed by atoms with Gasteiger partial charge in [-0.15, -0.1) is 0 Å². The number of carbonyl (C=O) groups is 1. The number of ether oxygens (including phenoxy) is 2. The third-order valence-corrected chi connectivity index (χ3v) is 8.71. The molecule has 21 heavy (non-hydrogen) atoms. The summed E-state index contributed by atoms with van der Waals surface area (Å²) >= 11 is 0. The second-order valence-electron chi connectivity index (χ2n) is 8.49. The Labute approximate surface area is 130 Å². The lowest BCUT2D eigenvalue weighted by Gasteiger charge is -2.44. The maximum atomic E-state index is 11.6. The Morgan fingerprint density at radius 2 is 1.57 bits per heavy atom. The van der Waals surface area contributed by atoms with Gasteiger partial charge in [0.2, 0.25) is 0 Å². The molecule has 1 fully saturated rings. The molecular formula is C16H32O4Si. The molecule has 1 saturated carbocycles. The lowest BCUT2D eigenvalue weighted by Crippen LogP contribution is -2.49. The minimum absolute atomic E-state index is 0.0365. The first-order valence-electron chi connectivity index (χ1n) is 7.81. The number of hydrogen-bond acceptors (Lipinski definition) is 4. The summed E-state index contributed by atoms with van der Waals surface area (Å²) in [4.78, 5) is 11.6. The molecule has 124 valence electrons. The first-order chi connectivity index (χ1) is 9.30. The second-order valence-corrected chi connectivity index (χ2v) is 13.2. The first-order valence-corrected chi connectivity index (χ1v) is 10.7. The van der Waals surface area contributed by atoms with Crippen molar-refractivity contribution in [3.8, 4) is 0 Å². The van der Waals surface area contributed by atoms with Gasteiger partial charge in [-0.3, -0.25) is 0 Å². The van der Waals surface area contributed by atoms with Crippen molar-refractivity contribution in [2.75, 3.05) is 6.61 Å². The number of hydrogen-bond donors (Lipinski definition) is 0. The molecule has 0 aliphatic heterocycles. The van der Waals surface area contributed by atoms with E-state index in [1.54, 1.807) is 0 Å². The monoisotopic (exact) mass is 316 g/mol. The molecule has 0 bridgehead atoms. The highest BCUT2D eigenvalue weighted by Crippen LogP contribution is 2.40. The van der Waals surface area contributed by atoms with E-state index in [9.17, 15) is 4.79 Å². The predicted octanol–water partition coefficient (Wildman–Crippen LogP) is 3.90. The van der Waals surface area contributed by atoms with Gasteiger partial charge < -0.3 is 13.9 Å². The molecule has 0 spiro atoms. The zero-order valence-electron chi connectivity index (χ0n) is 14.9. The molecule has 0 amide bonds. The van der Waals surface area contributed by atoms with Crippen LogP contribution < -0.4 is 0 Å². The fourth-order valence-electron chi connectivity index (χ4n) is 1.90. The van der Waals surface area contributed by atoms with E-state index in [2.05, 4.69) is 33.9 Å². The average Bonchev–Trinajstić information content (AvgIpc) is 2.16. The summed E-state index contributed by atoms with van der Waals surface area (Å²) in [5.74, 6) is -0.295. The van der Waals surface area contributed by atoms with Crippen LogP contribution in [0.1, 0.15) is 54.4 Å². The Bertz CT molecular complexity index is 359. The van der Waals surface area contributed by atoms with E-state index in [4.69, 9.17) is 13.9 Å². The molecule has 0 aromatic heterocycles. The minimum atomic E-state index is -1.69. The summed E-state index contributed by atoms with van der Waals surface area (Å²) in [5, 5.41) is 0.232. The van der Waals surface area contributed by atoms with Crippen LogP contribution in [-0.4, -0.2) is 38.7 Å². The summed E-state index contributed by atoms with van der Waals surface area (Å²) in [7, 11) is -1.69. The molecule has 0 N–H and O–H groups in total. The van der Waals surface area contributed by atoms with Gasteiger partial charge in [0.05, 0.1) is 6.10 Å². The van der Waals surface area contributed by atoms with E-state index >= 15 is 0 Å². The fraction of sp³-hybridized carbons (Fsp3) is 0.938. The Morgan fingerprint density at radius 3 is 2.00 bits per heavy atom. The van der Waals surface area contributed by atoms with E-state index in [-0.39, 0.29) is 29.8 Å². The second kappa shape index (κ2) is 6.38. The van der Waals surface area contributed by atoms with Gasteiger partial charge in [0.25, 0.3) is 0 Å². The van der Waals surface area contributed by atoms with Crippen molar-refractivity contribution >= 4 is 14.3 Å². The van der Waals surface area contributed by atoms with Crippen LogP contribution in [0.5, 0.6) is 0 Å². The van der Waals surface area contributed by atoms with Crippen LogP contribution in [-0.2, 0) is 18.7 Å². The lowest BCUT2D eigenvalue weighted by molar-refractivity contribution is -0.166. The standard InChI is InChI=1S/C16H32O4Si/c1-15(2,3)19-14(17)11-18-12-9-13(10-12)20-21(7,8)16(4,5)6/h12-13H,9-11H2,1-8H3. The molecule has 4 nitrogen and oxygen atoms in total. The molecule has 0 atom stereocenters. The number of carbonyl (C=O) groups excluding carboxylic acids is 1. The van der Waals surface area contributed by atoms with E-state index < -0.39 is 13.9 Å². The SMILES string of the molecule is CC(C)(C)OC(=O)COC1CC(O[Si](C)(C)C(C)(C)C)C1. The largest absolute Gasteiger partial charge is 0.458 e. The maximum absolute atomic E-state index is 11.6. The molecule has 5 heteroatoms. The zero-order chi connectivity index (χ0) is 16.5. The van der Waals surface area contributed by atoms with Crippen molar-refractivity contribution in [2.24, 2.45) is 0 Å². The summed E-state index contributed by atoms with van der Waals surface area (Å²) in [6.45, 7) is 16.9. The Morgan fingerprint density at radius 1 is 1.05 bits per heavy atom. The van der Waals surface area contributed by atoms with E-state index in [0.29, 0.717) is 0 Å². The molecule has 1 aliphatic rings. The van der Waals surface area contributed by atoms with Crippen LogP contribution in [0.25, 0.3) is 0 Å². The Balaban J connectivity index is 2.24. The molecule has 0 saturated heterocycles. The van der Waals surface area contributed by atoms with Gasteiger partial charge >= 0.3 is 5.97 Å². The van der Waals surface area contributed by atoms with Crippen molar-refractivity contribution in [2.45, 2.75) is 90.3 Å². The van der Waals surface area contributed by atoms with Crippen LogP contribution in [0.15, 0.2) is 0 Å². The van der Waals surface area contributed by atoms with E-state index in [1.807, 2.05) is 20.8 Å². The zero-order valence-corrected chi connectivity index (χ0v) is 15.9. The van der Waals surface area contributed by atoms with Crippen LogP contribution >= 0.6 is 0 Å². The number of esters is 1. The fourth-order valence-corrected chi connectivity index (χ4v) is 3.28. The third-order valence-electron chi connectivity index (χ3n) is 4.18. The molecule has 0 aromatic rings. The number of rotatable bonds is 5. The molecule has 1 aliphatic carbocycles. The lowest BCUT2D eigenvalue weighted by atomic mass is 9.92. The Kier molecular flexibility index (Phi) is 5.67. The topological polar surface area (TPSA) is 44.8 Å². The van der Waals surface area contributed by atoms with Crippen molar-refractivity contribution in [1.82, 2.24) is 0 Å². The summed E-state index contributed by atoms with van der Waals surface area (Å²) in [5.41, 5.74) is -0.450. The van der Waals surface area contributed by atoms with Crippen LogP contribution in [0, 0.1) is 0 Å².